The van der Waals surface area contributed by atoms with E-state index in [0.717, 1.165) is 30.0 Å². The van der Waals surface area contributed by atoms with E-state index in [4.69, 9.17) is 0 Å². The average Bonchev–Trinajstić information content (AvgIpc) is 3.10. The number of hydrogen-bond acceptors (Lipinski definition) is 5. The smallest absolute Gasteiger partial charge is 0.293 e. The van der Waals surface area contributed by atoms with Gasteiger partial charge >= 0.3 is 0 Å². The first-order valence-corrected chi connectivity index (χ1v) is 8.74. The maximum Gasteiger partial charge on any atom is 0.293 e. The summed E-state index contributed by atoms with van der Waals surface area (Å²) in [6.45, 7) is 8.13. The highest BCUT2D eigenvalue weighted by atomic mass is 32.1. The van der Waals surface area contributed by atoms with Crippen molar-refractivity contribution < 1.29 is 4.79 Å². The van der Waals surface area contributed by atoms with Crippen LogP contribution in [0.25, 0.3) is 0 Å². The average molecular weight is 333 g/mol. The summed E-state index contributed by atoms with van der Waals surface area (Å²) < 4.78 is 1.73. The molecule has 1 aliphatic rings. The van der Waals surface area contributed by atoms with E-state index in [2.05, 4.69) is 15.1 Å². The van der Waals surface area contributed by atoms with Crippen molar-refractivity contribution >= 4 is 17.2 Å². The minimum Gasteiger partial charge on any atom is -0.331 e. The molecule has 0 spiro atoms. The Labute approximate surface area is 140 Å². The number of carbonyl (C=O) groups excluding carboxylic acids is 1. The Morgan fingerprint density at radius 2 is 2.17 bits per heavy atom. The fraction of sp³-hybridized carbons (Fsp3) is 0.625. The summed E-state index contributed by atoms with van der Waals surface area (Å²) in [5.74, 6) is 0.132. The van der Waals surface area contributed by atoms with Crippen molar-refractivity contribution in [3.63, 3.8) is 0 Å². The summed E-state index contributed by atoms with van der Waals surface area (Å²) in [5.41, 5.74) is 0.966. The standard InChI is InChI=1S/C16H23N5OS/c1-10-18-11-7-6-8-12(13(11)23-10)20(5)15(22)14-17-9-21(19-14)16(2,3)4/h9,12H,6-8H2,1-5H3. The number of hydrogen-bond donors (Lipinski definition) is 0. The van der Waals surface area contributed by atoms with Crippen molar-refractivity contribution in [1.82, 2.24) is 24.6 Å². The van der Waals surface area contributed by atoms with Gasteiger partial charge in [0.15, 0.2) is 0 Å². The molecule has 0 aromatic carbocycles. The largest absolute Gasteiger partial charge is 0.331 e. The van der Waals surface area contributed by atoms with Crippen molar-refractivity contribution in [2.75, 3.05) is 7.05 Å². The normalized spacial score (nSPS) is 17.9. The number of aryl methyl sites for hydroxylation is 2. The van der Waals surface area contributed by atoms with Crippen LogP contribution in [-0.4, -0.2) is 37.6 Å². The number of aromatic nitrogens is 4. The second kappa shape index (κ2) is 5.70. The first kappa shape index (κ1) is 16.1. The summed E-state index contributed by atoms with van der Waals surface area (Å²) in [4.78, 5) is 24.6. The van der Waals surface area contributed by atoms with E-state index in [9.17, 15) is 4.79 Å². The van der Waals surface area contributed by atoms with Crippen LogP contribution in [0.1, 0.15) is 65.9 Å². The predicted octanol–water partition coefficient (Wildman–Crippen LogP) is 2.95. The monoisotopic (exact) mass is 333 g/mol. The molecule has 0 radical (unpaired) electrons. The lowest BCUT2D eigenvalue weighted by Gasteiger charge is -2.30. The number of amides is 1. The van der Waals surface area contributed by atoms with Crippen LogP contribution >= 0.6 is 11.3 Å². The molecule has 23 heavy (non-hydrogen) atoms. The lowest BCUT2D eigenvalue weighted by atomic mass is 9.97. The first-order chi connectivity index (χ1) is 10.8. The number of thiazole rings is 1. The maximum absolute atomic E-state index is 12.8. The van der Waals surface area contributed by atoms with Crippen LogP contribution < -0.4 is 0 Å². The maximum atomic E-state index is 12.8. The highest BCUT2D eigenvalue weighted by Gasteiger charge is 2.31. The minimum atomic E-state index is -0.184. The van der Waals surface area contributed by atoms with Gasteiger partial charge in [0, 0.05) is 7.05 Å². The van der Waals surface area contributed by atoms with Crippen molar-refractivity contribution in [2.24, 2.45) is 0 Å². The number of nitrogens with zero attached hydrogens (tertiary/aromatic N) is 5. The van der Waals surface area contributed by atoms with E-state index in [1.807, 2.05) is 34.7 Å². The lowest BCUT2D eigenvalue weighted by Crippen LogP contribution is -2.34. The Bertz CT molecular complexity index is 727. The van der Waals surface area contributed by atoms with Crippen LogP contribution in [0.4, 0.5) is 0 Å². The molecule has 124 valence electrons. The molecule has 2 aromatic rings. The van der Waals surface area contributed by atoms with Gasteiger partial charge in [-0.25, -0.2) is 14.6 Å². The molecule has 1 unspecified atom stereocenters. The molecule has 7 heteroatoms. The Morgan fingerprint density at radius 1 is 1.43 bits per heavy atom. The third kappa shape index (κ3) is 3.02. The molecule has 0 saturated carbocycles. The second-order valence-corrected chi connectivity index (χ2v) is 8.29. The van der Waals surface area contributed by atoms with Gasteiger partial charge in [-0.1, -0.05) is 0 Å². The molecule has 0 N–H and O–H groups in total. The van der Waals surface area contributed by atoms with E-state index in [1.165, 1.54) is 4.88 Å². The van der Waals surface area contributed by atoms with Crippen molar-refractivity contribution in [1.29, 1.82) is 0 Å². The van der Waals surface area contributed by atoms with Gasteiger partial charge in [0.05, 0.1) is 27.2 Å². The van der Waals surface area contributed by atoms with E-state index in [-0.39, 0.29) is 23.3 Å². The molecule has 2 aromatic heterocycles. The first-order valence-electron chi connectivity index (χ1n) is 7.93. The molecule has 1 aliphatic carbocycles. The molecular formula is C16H23N5OS. The zero-order valence-electron chi connectivity index (χ0n) is 14.3. The van der Waals surface area contributed by atoms with Crippen LogP contribution in [0.2, 0.25) is 0 Å². The van der Waals surface area contributed by atoms with Gasteiger partial charge in [-0.15, -0.1) is 16.4 Å². The van der Waals surface area contributed by atoms with Gasteiger partial charge in [0.25, 0.3) is 5.91 Å². The lowest BCUT2D eigenvalue weighted by molar-refractivity contribution is 0.0704. The SMILES string of the molecule is Cc1nc2c(s1)C(N(C)C(=O)c1ncn(C(C)(C)C)n1)CCC2. The number of fused-ring (bicyclic) bond motifs is 1. The molecule has 0 bridgehead atoms. The van der Waals surface area contributed by atoms with E-state index >= 15 is 0 Å². The summed E-state index contributed by atoms with van der Waals surface area (Å²) in [7, 11) is 1.84. The molecule has 0 fully saturated rings. The Hall–Kier alpha value is -1.76. The Kier molecular flexibility index (Phi) is 4.00. The fourth-order valence-corrected chi connectivity index (χ4v) is 4.02. The van der Waals surface area contributed by atoms with Gasteiger partial charge in [-0.05, 0) is 47.0 Å². The van der Waals surface area contributed by atoms with Crippen LogP contribution in [0.5, 0.6) is 0 Å². The topological polar surface area (TPSA) is 63.9 Å². The molecule has 1 amide bonds. The molecule has 3 rings (SSSR count). The molecule has 6 nitrogen and oxygen atoms in total. The molecule has 1 atom stereocenters. The van der Waals surface area contributed by atoms with E-state index in [0.29, 0.717) is 0 Å². The zero-order chi connectivity index (χ0) is 16.8. The zero-order valence-corrected chi connectivity index (χ0v) is 15.1. The predicted molar refractivity (Wildman–Crippen MR) is 89.6 cm³/mol. The van der Waals surface area contributed by atoms with E-state index in [1.54, 1.807) is 27.2 Å². The Balaban J connectivity index is 1.85. The molecule has 2 heterocycles. The van der Waals surface area contributed by atoms with Gasteiger partial charge in [0.1, 0.15) is 6.33 Å². The fourth-order valence-electron chi connectivity index (χ4n) is 2.87. The van der Waals surface area contributed by atoms with Crippen molar-refractivity contribution in [3.8, 4) is 0 Å². The van der Waals surface area contributed by atoms with Gasteiger partial charge in [-0.2, -0.15) is 0 Å². The number of carbonyl (C=O) groups is 1. The van der Waals surface area contributed by atoms with Gasteiger partial charge < -0.3 is 4.90 Å². The summed E-state index contributed by atoms with van der Waals surface area (Å²) in [6, 6.07) is 0.0824. The van der Waals surface area contributed by atoms with Gasteiger partial charge in [0.2, 0.25) is 5.82 Å². The van der Waals surface area contributed by atoms with Crippen LogP contribution in [0, 0.1) is 6.92 Å². The molecule has 0 aliphatic heterocycles. The summed E-state index contributed by atoms with van der Waals surface area (Å²) in [6.07, 6.45) is 4.67. The second-order valence-electron chi connectivity index (χ2n) is 7.05. The van der Waals surface area contributed by atoms with Crippen LogP contribution in [0.15, 0.2) is 6.33 Å². The summed E-state index contributed by atoms with van der Waals surface area (Å²) >= 11 is 1.70. The molecule has 0 saturated heterocycles. The highest BCUT2D eigenvalue weighted by Crippen LogP contribution is 2.37. The van der Waals surface area contributed by atoms with Crippen molar-refractivity contribution in [2.45, 2.75) is 58.5 Å². The minimum absolute atomic E-state index is 0.0824. The van der Waals surface area contributed by atoms with Gasteiger partial charge in [-0.3, -0.25) is 4.79 Å². The summed E-state index contributed by atoms with van der Waals surface area (Å²) in [5, 5.41) is 5.43. The van der Waals surface area contributed by atoms with Crippen molar-refractivity contribution in [3.05, 3.63) is 27.7 Å². The molecular weight excluding hydrogens is 310 g/mol. The highest BCUT2D eigenvalue weighted by molar-refractivity contribution is 7.11. The Morgan fingerprint density at radius 3 is 2.83 bits per heavy atom. The number of rotatable bonds is 2. The third-order valence-corrected chi connectivity index (χ3v) is 5.30. The van der Waals surface area contributed by atoms with Crippen LogP contribution in [-0.2, 0) is 12.0 Å². The van der Waals surface area contributed by atoms with Crippen LogP contribution in [0.3, 0.4) is 0 Å². The van der Waals surface area contributed by atoms with E-state index < -0.39 is 0 Å². The third-order valence-electron chi connectivity index (χ3n) is 4.19. The quantitative estimate of drug-likeness (QED) is 0.847.